The summed E-state index contributed by atoms with van der Waals surface area (Å²) in [4.78, 5) is 15.8. The maximum absolute atomic E-state index is 11.6. The number of rotatable bonds is 7. The molecule has 1 aliphatic carbocycles. The second-order valence-corrected chi connectivity index (χ2v) is 4.32. The molecule has 1 heterocycles. The van der Waals surface area contributed by atoms with Crippen molar-refractivity contribution in [2.75, 3.05) is 6.61 Å². The van der Waals surface area contributed by atoms with Gasteiger partial charge in [0.15, 0.2) is 0 Å². The van der Waals surface area contributed by atoms with Crippen LogP contribution in [-0.4, -0.2) is 22.5 Å². The molecule has 0 amide bonds. The molecule has 5 heteroatoms. The van der Waals surface area contributed by atoms with Crippen molar-refractivity contribution in [3.63, 3.8) is 0 Å². The molecule has 94 valence electrons. The van der Waals surface area contributed by atoms with Crippen LogP contribution < -0.4 is 0 Å². The van der Waals surface area contributed by atoms with Crippen molar-refractivity contribution in [1.82, 2.24) is 10.1 Å². The zero-order valence-electron chi connectivity index (χ0n) is 10.3. The Morgan fingerprint density at radius 1 is 1.53 bits per heavy atom. The summed E-state index contributed by atoms with van der Waals surface area (Å²) < 4.78 is 10.6. The third-order valence-corrected chi connectivity index (χ3v) is 2.87. The first-order chi connectivity index (χ1) is 8.24. The van der Waals surface area contributed by atoms with E-state index in [0.717, 1.165) is 19.3 Å². The fourth-order valence-corrected chi connectivity index (χ4v) is 1.75. The Balaban J connectivity index is 1.96. The third kappa shape index (κ3) is 3.12. The van der Waals surface area contributed by atoms with Crippen LogP contribution in [0, 0.1) is 5.92 Å². The highest BCUT2D eigenvalue weighted by Gasteiger charge is 2.30. The standard InChI is InChI=1S/C12H18N2O3/c1-3-10(16-4-2)12-13-11(17-14-12)7-9(15)8-5-6-8/h8,10H,3-7H2,1-2H3. The van der Waals surface area contributed by atoms with Gasteiger partial charge in [-0.3, -0.25) is 4.79 Å². The van der Waals surface area contributed by atoms with E-state index < -0.39 is 0 Å². The Morgan fingerprint density at radius 3 is 2.88 bits per heavy atom. The molecule has 1 aromatic heterocycles. The SMILES string of the molecule is CCOC(CC)c1noc(CC(=O)C2CC2)n1. The van der Waals surface area contributed by atoms with Crippen LogP contribution in [0.25, 0.3) is 0 Å². The van der Waals surface area contributed by atoms with E-state index in [-0.39, 0.29) is 24.2 Å². The van der Waals surface area contributed by atoms with Gasteiger partial charge in [-0.1, -0.05) is 12.1 Å². The lowest BCUT2D eigenvalue weighted by Gasteiger charge is -2.09. The summed E-state index contributed by atoms with van der Waals surface area (Å²) in [5, 5.41) is 3.88. The fraction of sp³-hybridized carbons (Fsp3) is 0.750. The Morgan fingerprint density at radius 2 is 2.29 bits per heavy atom. The average molecular weight is 238 g/mol. The van der Waals surface area contributed by atoms with Gasteiger partial charge >= 0.3 is 0 Å². The number of carbonyl (C=O) groups excluding carboxylic acids is 1. The van der Waals surface area contributed by atoms with E-state index in [1.807, 2.05) is 13.8 Å². The average Bonchev–Trinajstić information content (AvgIpc) is 3.08. The Kier molecular flexibility index (Phi) is 3.89. The first-order valence-corrected chi connectivity index (χ1v) is 6.21. The van der Waals surface area contributed by atoms with E-state index in [1.165, 1.54) is 0 Å². The number of nitrogens with zero attached hydrogens (tertiary/aromatic N) is 2. The van der Waals surface area contributed by atoms with Crippen LogP contribution in [-0.2, 0) is 16.0 Å². The number of ketones is 1. The number of aromatic nitrogens is 2. The molecular formula is C12H18N2O3. The molecule has 0 radical (unpaired) electrons. The van der Waals surface area contributed by atoms with E-state index in [0.29, 0.717) is 18.3 Å². The van der Waals surface area contributed by atoms with E-state index in [9.17, 15) is 4.79 Å². The van der Waals surface area contributed by atoms with Gasteiger partial charge in [0.05, 0.1) is 6.42 Å². The van der Waals surface area contributed by atoms with Crippen LogP contribution in [0.15, 0.2) is 4.52 Å². The lowest BCUT2D eigenvalue weighted by atomic mass is 10.2. The van der Waals surface area contributed by atoms with Crippen molar-refractivity contribution in [3.05, 3.63) is 11.7 Å². The second kappa shape index (κ2) is 5.40. The highest BCUT2D eigenvalue weighted by atomic mass is 16.5. The van der Waals surface area contributed by atoms with Crippen molar-refractivity contribution < 1.29 is 14.1 Å². The number of hydrogen-bond acceptors (Lipinski definition) is 5. The lowest BCUT2D eigenvalue weighted by Crippen LogP contribution is -2.07. The van der Waals surface area contributed by atoms with Crippen LogP contribution in [0.5, 0.6) is 0 Å². The molecule has 2 rings (SSSR count). The minimum Gasteiger partial charge on any atom is -0.370 e. The van der Waals surface area contributed by atoms with Gasteiger partial charge in [0.2, 0.25) is 11.7 Å². The molecular weight excluding hydrogens is 220 g/mol. The van der Waals surface area contributed by atoms with Gasteiger partial charge in [-0.2, -0.15) is 4.98 Å². The van der Waals surface area contributed by atoms with E-state index >= 15 is 0 Å². The van der Waals surface area contributed by atoms with Crippen LogP contribution in [0.1, 0.15) is 50.9 Å². The molecule has 1 aromatic rings. The number of carbonyl (C=O) groups is 1. The molecule has 1 atom stereocenters. The van der Waals surface area contributed by atoms with Gasteiger partial charge in [0.25, 0.3) is 0 Å². The maximum atomic E-state index is 11.6. The Labute approximate surface area is 101 Å². The van der Waals surface area contributed by atoms with Crippen LogP contribution >= 0.6 is 0 Å². The second-order valence-electron chi connectivity index (χ2n) is 4.32. The van der Waals surface area contributed by atoms with Gasteiger partial charge in [0.1, 0.15) is 11.9 Å². The minimum absolute atomic E-state index is 0.131. The number of Topliss-reactive ketones (excluding diaryl/α,β-unsaturated/α-hetero) is 1. The smallest absolute Gasteiger partial charge is 0.234 e. The normalized spacial score (nSPS) is 17.1. The number of hydrogen-bond donors (Lipinski definition) is 0. The molecule has 0 saturated heterocycles. The van der Waals surface area contributed by atoms with Gasteiger partial charge in [-0.05, 0) is 26.2 Å². The fourth-order valence-electron chi connectivity index (χ4n) is 1.75. The highest BCUT2D eigenvalue weighted by Crippen LogP contribution is 2.30. The molecule has 0 N–H and O–H groups in total. The largest absolute Gasteiger partial charge is 0.370 e. The minimum atomic E-state index is -0.131. The van der Waals surface area contributed by atoms with Crippen molar-refractivity contribution in [2.45, 2.75) is 45.6 Å². The van der Waals surface area contributed by atoms with E-state index in [4.69, 9.17) is 9.26 Å². The molecule has 1 saturated carbocycles. The molecule has 0 aromatic carbocycles. The molecule has 1 fully saturated rings. The third-order valence-electron chi connectivity index (χ3n) is 2.87. The van der Waals surface area contributed by atoms with Gasteiger partial charge in [-0.15, -0.1) is 0 Å². The predicted molar refractivity (Wildman–Crippen MR) is 60.4 cm³/mol. The monoisotopic (exact) mass is 238 g/mol. The molecule has 0 spiro atoms. The van der Waals surface area contributed by atoms with Crippen LogP contribution in [0.4, 0.5) is 0 Å². The van der Waals surface area contributed by atoms with Gasteiger partial charge in [-0.25, -0.2) is 0 Å². The zero-order valence-corrected chi connectivity index (χ0v) is 10.3. The summed E-state index contributed by atoms with van der Waals surface area (Å²) in [6.07, 6.45) is 2.95. The van der Waals surface area contributed by atoms with E-state index in [2.05, 4.69) is 10.1 Å². The molecule has 17 heavy (non-hydrogen) atoms. The first kappa shape index (κ1) is 12.2. The molecule has 5 nitrogen and oxygen atoms in total. The quantitative estimate of drug-likeness (QED) is 0.727. The van der Waals surface area contributed by atoms with Gasteiger partial charge < -0.3 is 9.26 Å². The Bertz CT molecular complexity index is 385. The summed E-state index contributed by atoms with van der Waals surface area (Å²) in [5.41, 5.74) is 0. The summed E-state index contributed by atoms with van der Waals surface area (Å²) in [7, 11) is 0. The number of ether oxygens (including phenoxy) is 1. The molecule has 1 aliphatic rings. The summed E-state index contributed by atoms with van der Waals surface area (Å²) in [6, 6.07) is 0. The van der Waals surface area contributed by atoms with Crippen molar-refractivity contribution in [3.8, 4) is 0 Å². The molecule has 0 aliphatic heterocycles. The highest BCUT2D eigenvalue weighted by molar-refractivity contribution is 5.84. The summed E-state index contributed by atoms with van der Waals surface area (Å²) in [5.74, 6) is 1.41. The van der Waals surface area contributed by atoms with Crippen molar-refractivity contribution in [2.24, 2.45) is 5.92 Å². The van der Waals surface area contributed by atoms with Crippen molar-refractivity contribution in [1.29, 1.82) is 0 Å². The van der Waals surface area contributed by atoms with Crippen molar-refractivity contribution >= 4 is 5.78 Å². The molecule has 0 bridgehead atoms. The van der Waals surface area contributed by atoms with E-state index in [1.54, 1.807) is 0 Å². The first-order valence-electron chi connectivity index (χ1n) is 6.21. The Hall–Kier alpha value is -1.23. The summed E-state index contributed by atoms with van der Waals surface area (Å²) >= 11 is 0. The zero-order chi connectivity index (χ0) is 12.3. The topological polar surface area (TPSA) is 65.2 Å². The maximum Gasteiger partial charge on any atom is 0.234 e. The van der Waals surface area contributed by atoms with Gasteiger partial charge in [0, 0.05) is 12.5 Å². The lowest BCUT2D eigenvalue weighted by molar-refractivity contribution is -0.119. The summed E-state index contributed by atoms with van der Waals surface area (Å²) in [6.45, 7) is 4.55. The van der Waals surface area contributed by atoms with Crippen LogP contribution in [0.2, 0.25) is 0 Å². The van der Waals surface area contributed by atoms with Crippen LogP contribution in [0.3, 0.4) is 0 Å². The molecule has 1 unspecified atom stereocenters. The predicted octanol–water partition coefficient (Wildman–Crippen LogP) is 2.08.